The maximum absolute atomic E-state index is 13.4. The number of benzene rings is 1. The number of para-hydroxylation sites is 1. The molecule has 1 aliphatic rings. The van der Waals surface area contributed by atoms with E-state index in [2.05, 4.69) is 15.2 Å². The van der Waals surface area contributed by atoms with Gasteiger partial charge in [0.1, 0.15) is 6.07 Å². The highest BCUT2D eigenvalue weighted by Gasteiger charge is 2.34. The third-order valence-corrected chi connectivity index (χ3v) is 5.04. The minimum absolute atomic E-state index is 0.0177. The molecule has 0 radical (unpaired) electrons. The highest BCUT2D eigenvalue weighted by atomic mass is 16.4. The van der Waals surface area contributed by atoms with Crippen molar-refractivity contribution in [3.05, 3.63) is 53.8 Å². The van der Waals surface area contributed by atoms with Gasteiger partial charge in [-0.1, -0.05) is 12.1 Å². The summed E-state index contributed by atoms with van der Waals surface area (Å²) >= 11 is 0. The molecule has 2 aromatic heterocycles. The molecule has 9 heteroatoms. The molecular formula is C19H19N7O2. The van der Waals surface area contributed by atoms with E-state index in [1.165, 1.54) is 4.80 Å². The van der Waals surface area contributed by atoms with Crippen molar-refractivity contribution in [3.63, 3.8) is 0 Å². The zero-order valence-electron chi connectivity index (χ0n) is 15.3. The van der Waals surface area contributed by atoms with E-state index in [0.717, 1.165) is 12.8 Å². The normalized spacial score (nSPS) is 19.4. The molecule has 1 aliphatic heterocycles. The van der Waals surface area contributed by atoms with Crippen molar-refractivity contribution in [1.82, 2.24) is 24.9 Å². The standard InChI is InChI=1S/C19H19N7O2/c1-12-6-7-13(18-24-15(10-20)17(21)28-18)11-25(12)19(27)14-4-2-3-5-16(14)26-22-8-9-23-26/h2-5,8-9,12-13H,6-7,11,21H2,1H3. The fraction of sp³-hybridized carbons (Fsp3) is 0.316. The molecule has 0 spiro atoms. The first-order chi connectivity index (χ1) is 13.6. The van der Waals surface area contributed by atoms with Crippen LogP contribution >= 0.6 is 0 Å². The van der Waals surface area contributed by atoms with E-state index in [0.29, 0.717) is 23.7 Å². The van der Waals surface area contributed by atoms with Crippen molar-refractivity contribution in [3.8, 4) is 11.8 Å². The van der Waals surface area contributed by atoms with Gasteiger partial charge in [-0.05, 0) is 31.9 Å². The molecule has 1 amide bonds. The zero-order chi connectivity index (χ0) is 19.7. The summed E-state index contributed by atoms with van der Waals surface area (Å²) in [6, 6.07) is 9.23. The lowest BCUT2D eigenvalue weighted by Gasteiger charge is -2.37. The molecule has 1 saturated heterocycles. The van der Waals surface area contributed by atoms with Crippen LogP contribution in [0.15, 0.2) is 41.1 Å². The molecule has 3 heterocycles. The van der Waals surface area contributed by atoms with E-state index in [1.54, 1.807) is 18.5 Å². The number of hydrogen-bond donors (Lipinski definition) is 1. The summed E-state index contributed by atoms with van der Waals surface area (Å²) in [5, 5.41) is 17.3. The van der Waals surface area contributed by atoms with E-state index in [4.69, 9.17) is 15.4 Å². The Kier molecular flexibility index (Phi) is 4.53. The fourth-order valence-corrected chi connectivity index (χ4v) is 3.52. The molecule has 1 fully saturated rings. The lowest BCUT2D eigenvalue weighted by Crippen LogP contribution is -2.45. The van der Waals surface area contributed by atoms with Crippen LogP contribution in [-0.4, -0.2) is 43.4 Å². The number of nitriles is 1. The van der Waals surface area contributed by atoms with Gasteiger partial charge in [-0.15, -0.1) is 0 Å². The van der Waals surface area contributed by atoms with E-state index in [-0.39, 0.29) is 29.4 Å². The molecule has 4 rings (SSSR count). The molecule has 2 atom stereocenters. The minimum Gasteiger partial charge on any atom is -0.424 e. The van der Waals surface area contributed by atoms with Gasteiger partial charge in [0.05, 0.1) is 29.6 Å². The van der Waals surface area contributed by atoms with Gasteiger partial charge in [-0.3, -0.25) is 4.79 Å². The van der Waals surface area contributed by atoms with Crippen molar-refractivity contribution >= 4 is 11.8 Å². The Morgan fingerprint density at radius 3 is 2.75 bits per heavy atom. The van der Waals surface area contributed by atoms with Crippen LogP contribution in [0, 0.1) is 11.3 Å². The number of nitrogens with zero attached hydrogens (tertiary/aromatic N) is 6. The van der Waals surface area contributed by atoms with Crippen molar-refractivity contribution in [2.24, 2.45) is 0 Å². The number of anilines is 1. The van der Waals surface area contributed by atoms with Crippen LogP contribution in [0.2, 0.25) is 0 Å². The van der Waals surface area contributed by atoms with E-state index >= 15 is 0 Å². The van der Waals surface area contributed by atoms with Crippen molar-refractivity contribution in [2.75, 3.05) is 12.3 Å². The third-order valence-electron chi connectivity index (χ3n) is 5.04. The molecule has 0 bridgehead atoms. The monoisotopic (exact) mass is 377 g/mol. The number of piperidine rings is 1. The second-order valence-corrected chi connectivity index (χ2v) is 6.79. The van der Waals surface area contributed by atoms with Gasteiger partial charge in [0.15, 0.2) is 0 Å². The first-order valence-corrected chi connectivity index (χ1v) is 9.01. The van der Waals surface area contributed by atoms with Gasteiger partial charge >= 0.3 is 0 Å². The minimum atomic E-state index is -0.112. The van der Waals surface area contributed by atoms with Crippen LogP contribution in [0.4, 0.5) is 5.88 Å². The van der Waals surface area contributed by atoms with E-state index < -0.39 is 0 Å². The van der Waals surface area contributed by atoms with E-state index in [1.807, 2.05) is 36.1 Å². The number of oxazole rings is 1. The summed E-state index contributed by atoms with van der Waals surface area (Å²) in [6.07, 6.45) is 4.74. The summed E-state index contributed by atoms with van der Waals surface area (Å²) in [5.41, 5.74) is 6.93. The number of rotatable bonds is 3. The maximum Gasteiger partial charge on any atom is 0.256 e. The molecule has 3 aromatic rings. The number of hydrogen-bond acceptors (Lipinski definition) is 7. The van der Waals surface area contributed by atoms with Crippen molar-refractivity contribution < 1.29 is 9.21 Å². The topological polar surface area (TPSA) is 127 Å². The lowest BCUT2D eigenvalue weighted by atomic mass is 9.92. The Morgan fingerprint density at radius 1 is 1.29 bits per heavy atom. The van der Waals surface area contributed by atoms with Gasteiger partial charge in [0.25, 0.3) is 5.91 Å². The predicted octanol–water partition coefficient (Wildman–Crippen LogP) is 2.12. The number of carbonyl (C=O) groups excluding carboxylic acids is 1. The third kappa shape index (κ3) is 3.09. The maximum atomic E-state index is 13.4. The van der Waals surface area contributed by atoms with Gasteiger partial charge < -0.3 is 15.1 Å². The predicted molar refractivity (Wildman–Crippen MR) is 99.5 cm³/mol. The summed E-state index contributed by atoms with van der Waals surface area (Å²) < 4.78 is 5.48. The Labute approximate surface area is 161 Å². The Balaban J connectivity index is 1.63. The van der Waals surface area contributed by atoms with Crippen LogP contribution in [0.1, 0.15) is 47.6 Å². The fourth-order valence-electron chi connectivity index (χ4n) is 3.52. The molecule has 0 saturated carbocycles. The first-order valence-electron chi connectivity index (χ1n) is 9.01. The Morgan fingerprint density at radius 2 is 2.04 bits per heavy atom. The molecule has 0 aliphatic carbocycles. The van der Waals surface area contributed by atoms with Crippen LogP contribution in [0.25, 0.3) is 5.69 Å². The van der Waals surface area contributed by atoms with Crippen LogP contribution in [0.5, 0.6) is 0 Å². The van der Waals surface area contributed by atoms with Crippen molar-refractivity contribution in [2.45, 2.75) is 31.7 Å². The average Bonchev–Trinajstić information content (AvgIpc) is 3.37. The quantitative estimate of drug-likeness (QED) is 0.740. The van der Waals surface area contributed by atoms with Gasteiger partial charge in [0.2, 0.25) is 17.5 Å². The summed E-state index contributed by atoms with van der Waals surface area (Å²) in [6.45, 7) is 2.46. The smallest absolute Gasteiger partial charge is 0.256 e. The second-order valence-electron chi connectivity index (χ2n) is 6.79. The summed E-state index contributed by atoms with van der Waals surface area (Å²) in [4.78, 5) is 20.8. The van der Waals surface area contributed by atoms with Gasteiger partial charge in [0, 0.05) is 12.6 Å². The number of carbonyl (C=O) groups is 1. The largest absolute Gasteiger partial charge is 0.424 e. The van der Waals surface area contributed by atoms with E-state index in [9.17, 15) is 4.79 Å². The molecule has 28 heavy (non-hydrogen) atoms. The number of likely N-dealkylation sites (tertiary alicyclic amines) is 1. The SMILES string of the molecule is CC1CCC(c2nc(C#N)c(N)o2)CN1C(=O)c1ccccc1-n1nccn1. The number of nitrogen functional groups attached to an aromatic ring is 1. The molecule has 2 N–H and O–H groups in total. The van der Waals surface area contributed by atoms with Gasteiger partial charge in [-0.25, -0.2) is 4.98 Å². The number of nitrogens with two attached hydrogens (primary N) is 1. The number of aromatic nitrogens is 4. The molecule has 142 valence electrons. The van der Waals surface area contributed by atoms with Crippen molar-refractivity contribution in [1.29, 1.82) is 5.26 Å². The first kappa shape index (κ1) is 17.7. The highest BCUT2D eigenvalue weighted by Crippen LogP contribution is 2.32. The molecule has 1 aromatic carbocycles. The number of amides is 1. The lowest BCUT2D eigenvalue weighted by molar-refractivity contribution is 0.0597. The molecular weight excluding hydrogens is 358 g/mol. The summed E-state index contributed by atoms with van der Waals surface area (Å²) in [7, 11) is 0. The Hall–Kier alpha value is -3.67. The molecule has 9 nitrogen and oxygen atoms in total. The van der Waals surface area contributed by atoms with Crippen LogP contribution < -0.4 is 5.73 Å². The van der Waals surface area contributed by atoms with Crippen LogP contribution in [-0.2, 0) is 0 Å². The zero-order valence-corrected chi connectivity index (χ0v) is 15.3. The Bertz CT molecular complexity index is 1030. The highest BCUT2D eigenvalue weighted by molar-refractivity contribution is 5.98. The second kappa shape index (κ2) is 7.15. The summed E-state index contributed by atoms with van der Waals surface area (Å²) in [5.74, 6) is 0.203. The van der Waals surface area contributed by atoms with Crippen LogP contribution in [0.3, 0.4) is 0 Å². The molecule has 2 unspecified atom stereocenters. The average molecular weight is 377 g/mol. The van der Waals surface area contributed by atoms with Gasteiger partial charge in [-0.2, -0.15) is 20.3 Å².